The van der Waals surface area contributed by atoms with Gasteiger partial charge in [-0.15, -0.1) is 0 Å². The van der Waals surface area contributed by atoms with E-state index in [4.69, 9.17) is 28.4 Å². The van der Waals surface area contributed by atoms with Gasteiger partial charge >= 0.3 is 0 Å². The molecule has 0 aromatic rings. The van der Waals surface area contributed by atoms with Gasteiger partial charge in [-0.05, 0) is 98.9 Å². The van der Waals surface area contributed by atoms with Gasteiger partial charge in [-0.25, -0.2) is 0 Å². The summed E-state index contributed by atoms with van der Waals surface area (Å²) in [6.45, 7) is 16.4. The van der Waals surface area contributed by atoms with Crippen LogP contribution < -0.4 is 0 Å². The monoisotopic (exact) mass is 778 g/mol. The first-order chi connectivity index (χ1) is 25.9. The van der Waals surface area contributed by atoms with Gasteiger partial charge in [0.2, 0.25) is 0 Å². The van der Waals surface area contributed by atoms with Crippen LogP contribution in [0.3, 0.4) is 0 Å². The molecule has 3 saturated heterocycles. The van der Waals surface area contributed by atoms with Crippen molar-refractivity contribution in [3.05, 3.63) is 22.8 Å². The molecule has 0 amide bonds. The van der Waals surface area contributed by atoms with E-state index in [0.29, 0.717) is 24.4 Å². The highest BCUT2D eigenvalue weighted by atomic mass is 16.7. The molecule has 7 N–H and O–H groups in total. The standard InChI is InChI=1S/C42H66O13/c1-20(2)14-22-17-50-42-18-41(19-51-42)23(29(42)21(22)3)8-9-27-39(6)12-11-28(38(4,5)26(39)10-13-40(27,41)7)54-37-34(49)35(31(46)25(16-44)53-37)55-36-33(48)32(47)30(45)24(15-43)52-36/h14,22-28,30-37,43-49H,8-13,15-19H2,1-7H3/t22-,23?,24-,25-,26?,27?,28+,30-,31-,32+,33-,34-,35+,36+,37+,39+,40-,41+,42-/m1/s1. The second-order valence-electron chi connectivity index (χ2n) is 19.8. The molecule has 13 heteroatoms. The van der Waals surface area contributed by atoms with Gasteiger partial charge in [-0.3, -0.25) is 0 Å². The summed E-state index contributed by atoms with van der Waals surface area (Å²) >= 11 is 0. The van der Waals surface area contributed by atoms with Crippen LogP contribution in [0.2, 0.25) is 0 Å². The SMILES string of the molecule is CC(C)=C[C@@H]1CO[C@]23C[C@]4(CO2)C(CCC2[C@@]5(C)CC[C@H](O[C@@H]6O[C@H](CO)[C@@H](O)[C@H](O[C@@H]7O[C@H](CO)[C@@H](O)[C@H](O)[C@H]7O)[C@H]6O)C(C)(C)C5CC[C@]24C)C3=C1C. The Bertz CT molecular complexity index is 1530. The van der Waals surface area contributed by atoms with Crippen LogP contribution in [-0.4, -0.2) is 135 Å². The van der Waals surface area contributed by atoms with Crippen LogP contribution >= 0.6 is 0 Å². The lowest BCUT2D eigenvalue weighted by Crippen LogP contribution is -2.67. The van der Waals surface area contributed by atoms with Gasteiger partial charge in [0.15, 0.2) is 18.4 Å². The minimum atomic E-state index is -1.74. The maximum absolute atomic E-state index is 11.6. The quantitative estimate of drug-likeness (QED) is 0.147. The summed E-state index contributed by atoms with van der Waals surface area (Å²) in [5.41, 5.74) is 3.97. The molecular formula is C42H66O13. The third-order valence-corrected chi connectivity index (χ3v) is 16.7. The highest BCUT2D eigenvalue weighted by Crippen LogP contribution is 2.79. The van der Waals surface area contributed by atoms with Crippen LogP contribution in [0, 0.1) is 45.3 Å². The number of fused-ring (bicyclic) bond motifs is 4. The van der Waals surface area contributed by atoms with Gasteiger partial charge in [-0.2, -0.15) is 0 Å². The first-order valence-electron chi connectivity index (χ1n) is 20.8. The molecule has 312 valence electrons. The van der Waals surface area contributed by atoms with Gasteiger partial charge in [0.1, 0.15) is 48.8 Å². The fraction of sp³-hybridized carbons (Fsp3) is 0.905. The Labute approximate surface area is 325 Å². The van der Waals surface area contributed by atoms with Crippen LogP contribution in [0.25, 0.3) is 0 Å². The molecule has 0 aromatic carbocycles. The van der Waals surface area contributed by atoms with Crippen molar-refractivity contribution in [2.24, 2.45) is 45.3 Å². The smallest absolute Gasteiger partial charge is 0.191 e. The number of allylic oxidation sites excluding steroid dienone is 1. The third kappa shape index (κ3) is 5.80. The van der Waals surface area contributed by atoms with Crippen LogP contribution in [0.1, 0.15) is 93.4 Å². The van der Waals surface area contributed by atoms with Crippen LogP contribution in [0.5, 0.6) is 0 Å². The average molecular weight is 779 g/mol. The maximum Gasteiger partial charge on any atom is 0.191 e. The minimum absolute atomic E-state index is 0.0218. The molecule has 55 heavy (non-hydrogen) atoms. The summed E-state index contributed by atoms with van der Waals surface area (Å²) in [5, 5.41) is 73.7. The van der Waals surface area contributed by atoms with Crippen molar-refractivity contribution in [3.8, 4) is 0 Å². The van der Waals surface area contributed by atoms with Gasteiger partial charge in [0.05, 0.1) is 32.5 Å². The third-order valence-electron chi connectivity index (χ3n) is 16.7. The van der Waals surface area contributed by atoms with Gasteiger partial charge in [0, 0.05) is 17.8 Å². The lowest BCUT2D eigenvalue weighted by Gasteiger charge is -2.70. The van der Waals surface area contributed by atoms with Gasteiger partial charge < -0.3 is 64.2 Å². The number of aliphatic hydroxyl groups excluding tert-OH is 7. The predicted octanol–water partition coefficient (Wildman–Crippen LogP) is 2.31. The molecule has 19 atom stereocenters. The van der Waals surface area contributed by atoms with Crippen molar-refractivity contribution >= 4 is 0 Å². The molecule has 2 spiro atoms. The summed E-state index contributed by atoms with van der Waals surface area (Å²) in [5.74, 6) is 0.946. The van der Waals surface area contributed by atoms with E-state index in [1.807, 2.05) is 0 Å². The Morgan fingerprint density at radius 3 is 2.11 bits per heavy atom. The molecular weight excluding hydrogens is 712 g/mol. The first kappa shape index (κ1) is 40.7. The van der Waals surface area contributed by atoms with E-state index in [0.717, 1.165) is 51.6 Å². The Kier molecular flexibility index (Phi) is 10.4. The number of aliphatic hydroxyl groups is 7. The summed E-state index contributed by atoms with van der Waals surface area (Å²) < 4.78 is 37.6. The van der Waals surface area contributed by atoms with E-state index >= 15 is 0 Å². The lowest BCUT2D eigenvalue weighted by molar-refractivity contribution is -0.370. The van der Waals surface area contributed by atoms with Gasteiger partial charge in [0.25, 0.3) is 0 Å². The van der Waals surface area contributed by atoms with E-state index in [9.17, 15) is 35.7 Å². The topological polar surface area (TPSA) is 197 Å². The fourth-order valence-electron chi connectivity index (χ4n) is 13.9. The summed E-state index contributed by atoms with van der Waals surface area (Å²) in [7, 11) is 0. The minimum Gasteiger partial charge on any atom is -0.394 e. The van der Waals surface area contributed by atoms with E-state index in [1.165, 1.54) is 16.7 Å². The largest absolute Gasteiger partial charge is 0.394 e. The predicted molar refractivity (Wildman–Crippen MR) is 197 cm³/mol. The molecule has 3 unspecified atom stereocenters. The average Bonchev–Trinajstić information content (AvgIpc) is 3.67. The second kappa shape index (κ2) is 14.0. The Hall–Kier alpha value is -1.04. The normalized spacial score (nSPS) is 54.3. The van der Waals surface area contributed by atoms with Crippen LogP contribution in [0.15, 0.2) is 22.8 Å². The Balaban J connectivity index is 1.02. The van der Waals surface area contributed by atoms with Crippen LogP contribution in [0.4, 0.5) is 0 Å². The van der Waals surface area contributed by atoms with E-state index in [1.54, 1.807) is 0 Å². The number of ether oxygens (including phenoxy) is 6. The zero-order chi connectivity index (χ0) is 39.6. The van der Waals surface area contributed by atoms with Crippen molar-refractivity contribution in [1.29, 1.82) is 0 Å². The zero-order valence-electron chi connectivity index (χ0n) is 33.6. The summed E-state index contributed by atoms with van der Waals surface area (Å²) in [6.07, 6.45) is -5.92. The number of hydrogen-bond donors (Lipinski definition) is 7. The van der Waals surface area contributed by atoms with Gasteiger partial charge in [-0.1, -0.05) is 44.9 Å². The lowest BCUT2D eigenvalue weighted by atomic mass is 9.35. The Morgan fingerprint density at radius 1 is 0.764 bits per heavy atom. The summed E-state index contributed by atoms with van der Waals surface area (Å²) in [6, 6.07) is 0. The molecule has 4 heterocycles. The molecule has 7 fully saturated rings. The van der Waals surface area contributed by atoms with E-state index in [-0.39, 0.29) is 33.7 Å². The second-order valence-corrected chi connectivity index (χ2v) is 19.8. The highest BCUT2D eigenvalue weighted by Gasteiger charge is 2.77. The molecule has 13 nitrogen and oxygen atoms in total. The first-order valence-corrected chi connectivity index (χ1v) is 20.8. The molecule has 2 bridgehead atoms. The molecule has 4 aliphatic carbocycles. The van der Waals surface area contributed by atoms with Crippen molar-refractivity contribution in [2.75, 3.05) is 26.4 Å². The number of rotatable bonds is 7. The van der Waals surface area contributed by atoms with Crippen molar-refractivity contribution in [1.82, 2.24) is 0 Å². The van der Waals surface area contributed by atoms with Crippen molar-refractivity contribution < 1.29 is 64.2 Å². The van der Waals surface area contributed by atoms with E-state index in [2.05, 4.69) is 54.5 Å². The van der Waals surface area contributed by atoms with Crippen LogP contribution in [-0.2, 0) is 28.4 Å². The highest BCUT2D eigenvalue weighted by molar-refractivity contribution is 5.41. The maximum atomic E-state index is 11.6. The molecule has 4 aliphatic heterocycles. The van der Waals surface area contributed by atoms with Crippen molar-refractivity contribution in [3.63, 3.8) is 0 Å². The Morgan fingerprint density at radius 2 is 1.44 bits per heavy atom. The fourth-order valence-corrected chi connectivity index (χ4v) is 13.9. The molecule has 4 saturated carbocycles. The molecule has 8 rings (SSSR count). The number of hydrogen-bond acceptors (Lipinski definition) is 13. The van der Waals surface area contributed by atoms with Crippen molar-refractivity contribution in [2.45, 2.75) is 167 Å². The zero-order valence-corrected chi connectivity index (χ0v) is 33.6. The molecule has 0 aromatic heterocycles. The van der Waals surface area contributed by atoms with E-state index < -0.39 is 80.4 Å². The summed E-state index contributed by atoms with van der Waals surface area (Å²) in [4.78, 5) is 0. The molecule has 8 aliphatic rings. The molecule has 0 radical (unpaired) electrons.